The minimum absolute atomic E-state index is 0.460. The molecule has 0 bridgehead atoms. The fourth-order valence-corrected chi connectivity index (χ4v) is 2.08. The molecule has 0 aliphatic rings. The van der Waals surface area contributed by atoms with Crippen molar-refractivity contribution >= 4 is 0 Å². The molecule has 0 aliphatic heterocycles. The Kier molecular flexibility index (Phi) is 4.54. The van der Waals surface area contributed by atoms with Crippen LogP contribution in [0.1, 0.15) is 49.4 Å². The molecule has 0 unspecified atom stereocenters. The summed E-state index contributed by atoms with van der Waals surface area (Å²) in [4.78, 5) is 4.32. The van der Waals surface area contributed by atoms with Gasteiger partial charge in [0, 0.05) is 30.3 Å². The molecule has 2 rings (SSSR count). The molecule has 0 radical (unpaired) electrons. The van der Waals surface area contributed by atoms with Crippen molar-refractivity contribution < 1.29 is 4.52 Å². The molecule has 2 aromatic rings. The monoisotopic (exact) mass is 277 g/mol. The number of hydrogen-bond acceptors (Lipinski definition) is 5. The summed E-state index contributed by atoms with van der Waals surface area (Å²) < 4.78 is 7.07. The predicted molar refractivity (Wildman–Crippen MR) is 76.5 cm³/mol. The zero-order valence-corrected chi connectivity index (χ0v) is 12.9. The number of aromatic nitrogens is 4. The van der Waals surface area contributed by atoms with Crippen LogP contribution in [0.5, 0.6) is 0 Å². The Bertz CT molecular complexity index is 570. The third-order valence-corrected chi connectivity index (χ3v) is 3.32. The zero-order valence-electron chi connectivity index (χ0n) is 12.9. The largest absolute Gasteiger partial charge is 0.339 e. The summed E-state index contributed by atoms with van der Waals surface area (Å²) >= 11 is 0. The second-order valence-electron chi connectivity index (χ2n) is 5.30. The molecular formula is C14H23N5O. The Morgan fingerprint density at radius 3 is 2.65 bits per heavy atom. The first-order chi connectivity index (χ1) is 9.51. The van der Waals surface area contributed by atoms with E-state index in [4.69, 9.17) is 4.52 Å². The quantitative estimate of drug-likeness (QED) is 0.874. The van der Waals surface area contributed by atoms with Crippen LogP contribution in [-0.4, -0.2) is 26.0 Å². The molecule has 2 heterocycles. The van der Waals surface area contributed by atoms with E-state index in [9.17, 15) is 0 Å². The van der Waals surface area contributed by atoms with E-state index in [0.29, 0.717) is 24.3 Å². The number of hydrogen-bond donors (Lipinski definition) is 1. The van der Waals surface area contributed by atoms with E-state index in [0.717, 1.165) is 24.4 Å². The highest BCUT2D eigenvalue weighted by Crippen LogP contribution is 2.14. The van der Waals surface area contributed by atoms with Crippen LogP contribution in [0.25, 0.3) is 0 Å². The highest BCUT2D eigenvalue weighted by atomic mass is 16.5. The maximum absolute atomic E-state index is 5.13. The Morgan fingerprint density at radius 1 is 1.30 bits per heavy atom. The maximum Gasteiger partial charge on any atom is 0.226 e. The Hall–Kier alpha value is -1.69. The summed E-state index contributed by atoms with van der Waals surface area (Å²) in [5.41, 5.74) is 3.45. The van der Waals surface area contributed by atoms with Crippen molar-refractivity contribution in [3.05, 3.63) is 28.7 Å². The number of nitrogens with zero attached hydrogens (tertiary/aromatic N) is 4. The molecule has 6 heteroatoms. The van der Waals surface area contributed by atoms with E-state index in [2.05, 4.69) is 41.3 Å². The van der Waals surface area contributed by atoms with E-state index in [1.54, 1.807) is 0 Å². The average Bonchev–Trinajstić information content (AvgIpc) is 2.94. The lowest BCUT2D eigenvalue weighted by Crippen LogP contribution is -2.22. The highest BCUT2D eigenvalue weighted by molar-refractivity contribution is 5.24. The fraction of sp³-hybridized carbons (Fsp3) is 0.643. The third-order valence-electron chi connectivity index (χ3n) is 3.32. The summed E-state index contributed by atoms with van der Waals surface area (Å²) in [5, 5.41) is 12.0. The summed E-state index contributed by atoms with van der Waals surface area (Å²) in [6.45, 7) is 11.8. The van der Waals surface area contributed by atoms with Gasteiger partial charge in [-0.3, -0.25) is 4.68 Å². The lowest BCUT2D eigenvalue weighted by Gasteiger charge is -2.08. The SMILES string of the molecule is CCc1nc(Cn2nc(C)c(CNC(C)C)c2C)no1. The van der Waals surface area contributed by atoms with Crippen LogP contribution in [0.2, 0.25) is 0 Å². The number of rotatable bonds is 6. The molecule has 0 spiro atoms. The molecule has 0 amide bonds. The normalized spacial score (nSPS) is 11.5. The van der Waals surface area contributed by atoms with Crippen LogP contribution in [0.3, 0.4) is 0 Å². The summed E-state index contributed by atoms with van der Waals surface area (Å²) in [7, 11) is 0. The Balaban J connectivity index is 2.14. The summed E-state index contributed by atoms with van der Waals surface area (Å²) in [6, 6.07) is 0.460. The van der Waals surface area contributed by atoms with Gasteiger partial charge in [-0.15, -0.1) is 0 Å². The zero-order chi connectivity index (χ0) is 14.7. The van der Waals surface area contributed by atoms with Crippen molar-refractivity contribution in [3.8, 4) is 0 Å². The molecule has 6 nitrogen and oxygen atoms in total. The number of aryl methyl sites for hydroxylation is 2. The van der Waals surface area contributed by atoms with Crippen molar-refractivity contribution in [1.29, 1.82) is 0 Å². The Morgan fingerprint density at radius 2 is 2.05 bits per heavy atom. The molecule has 0 aliphatic carbocycles. The van der Waals surface area contributed by atoms with Crippen LogP contribution in [0.15, 0.2) is 4.52 Å². The first-order valence-corrected chi connectivity index (χ1v) is 7.09. The molecular weight excluding hydrogens is 254 g/mol. The van der Waals surface area contributed by atoms with Crippen LogP contribution in [0.4, 0.5) is 0 Å². The molecule has 2 aromatic heterocycles. The van der Waals surface area contributed by atoms with Gasteiger partial charge in [0.05, 0.1) is 5.69 Å². The van der Waals surface area contributed by atoms with E-state index >= 15 is 0 Å². The fourth-order valence-electron chi connectivity index (χ4n) is 2.08. The van der Waals surface area contributed by atoms with Gasteiger partial charge in [-0.2, -0.15) is 10.1 Å². The van der Waals surface area contributed by atoms with Crippen molar-refractivity contribution in [3.63, 3.8) is 0 Å². The molecule has 0 atom stereocenters. The molecule has 0 aromatic carbocycles. The lowest BCUT2D eigenvalue weighted by molar-refractivity contribution is 0.374. The van der Waals surface area contributed by atoms with Crippen LogP contribution in [-0.2, 0) is 19.5 Å². The van der Waals surface area contributed by atoms with Crippen LogP contribution >= 0.6 is 0 Å². The second kappa shape index (κ2) is 6.17. The smallest absolute Gasteiger partial charge is 0.226 e. The molecule has 0 fully saturated rings. The van der Waals surface area contributed by atoms with E-state index in [1.807, 2.05) is 18.5 Å². The van der Waals surface area contributed by atoms with Gasteiger partial charge in [0.2, 0.25) is 5.89 Å². The minimum Gasteiger partial charge on any atom is -0.339 e. The van der Waals surface area contributed by atoms with Gasteiger partial charge in [-0.1, -0.05) is 25.9 Å². The van der Waals surface area contributed by atoms with Crippen LogP contribution in [0, 0.1) is 13.8 Å². The lowest BCUT2D eigenvalue weighted by atomic mass is 10.2. The first kappa shape index (κ1) is 14.7. The minimum atomic E-state index is 0.460. The Labute approximate surface area is 119 Å². The van der Waals surface area contributed by atoms with Crippen molar-refractivity contribution in [2.45, 2.75) is 60.2 Å². The van der Waals surface area contributed by atoms with E-state index < -0.39 is 0 Å². The van der Waals surface area contributed by atoms with Gasteiger partial charge < -0.3 is 9.84 Å². The molecule has 0 saturated carbocycles. The predicted octanol–water partition coefficient (Wildman–Crippen LogP) is 1.99. The summed E-state index contributed by atoms with van der Waals surface area (Å²) in [5.74, 6) is 1.35. The third kappa shape index (κ3) is 3.25. The first-order valence-electron chi connectivity index (χ1n) is 7.09. The van der Waals surface area contributed by atoms with E-state index in [1.165, 1.54) is 5.56 Å². The van der Waals surface area contributed by atoms with Crippen molar-refractivity contribution in [2.75, 3.05) is 0 Å². The average molecular weight is 277 g/mol. The molecule has 1 N–H and O–H groups in total. The van der Waals surface area contributed by atoms with Gasteiger partial charge in [0.1, 0.15) is 6.54 Å². The topological polar surface area (TPSA) is 68.8 Å². The summed E-state index contributed by atoms with van der Waals surface area (Å²) in [6.07, 6.45) is 0.758. The van der Waals surface area contributed by atoms with Crippen LogP contribution < -0.4 is 5.32 Å². The van der Waals surface area contributed by atoms with Gasteiger partial charge in [0.25, 0.3) is 0 Å². The van der Waals surface area contributed by atoms with Gasteiger partial charge in [-0.25, -0.2) is 0 Å². The molecule has 0 saturated heterocycles. The maximum atomic E-state index is 5.13. The van der Waals surface area contributed by atoms with Gasteiger partial charge >= 0.3 is 0 Å². The molecule has 110 valence electrons. The number of nitrogens with one attached hydrogen (secondary N) is 1. The van der Waals surface area contributed by atoms with Gasteiger partial charge in [-0.05, 0) is 13.8 Å². The highest BCUT2D eigenvalue weighted by Gasteiger charge is 2.14. The second-order valence-corrected chi connectivity index (χ2v) is 5.30. The standard InChI is InChI=1S/C14H23N5O/c1-6-14-16-13(18-20-14)8-19-11(5)12(10(4)17-19)7-15-9(2)3/h9,15H,6-8H2,1-5H3. The van der Waals surface area contributed by atoms with Crippen molar-refractivity contribution in [2.24, 2.45) is 0 Å². The van der Waals surface area contributed by atoms with Crippen molar-refractivity contribution in [1.82, 2.24) is 25.2 Å². The van der Waals surface area contributed by atoms with Gasteiger partial charge in [0.15, 0.2) is 5.82 Å². The van der Waals surface area contributed by atoms with E-state index in [-0.39, 0.29) is 0 Å². The molecule has 20 heavy (non-hydrogen) atoms.